The molecule has 0 aliphatic heterocycles. The molecule has 2 aromatic heterocycles. The molecule has 0 atom stereocenters. The Morgan fingerprint density at radius 3 is 2.81 bits per heavy atom. The van der Waals surface area contributed by atoms with Crippen molar-refractivity contribution in [3.63, 3.8) is 0 Å². The number of aliphatic hydroxyl groups excluding tert-OH is 1. The van der Waals surface area contributed by atoms with Crippen molar-refractivity contribution in [2.24, 2.45) is 0 Å². The number of carbonyl (C=O) groups is 1. The smallest absolute Gasteiger partial charge is 0.287 e. The van der Waals surface area contributed by atoms with Crippen molar-refractivity contribution < 1.29 is 18.7 Å². The molecule has 4 N–H and O–H groups in total. The molecular formula is C13H15F2N3O2S. The summed E-state index contributed by atoms with van der Waals surface area (Å²) in [7, 11) is 0. The van der Waals surface area contributed by atoms with Gasteiger partial charge < -0.3 is 16.2 Å². The monoisotopic (exact) mass is 315 g/mol. The van der Waals surface area contributed by atoms with Crippen molar-refractivity contribution in [2.45, 2.75) is 19.8 Å². The van der Waals surface area contributed by atoms with Gasteiger partial charge in [-0.2, -0.15) is 0 Å². The van der Waals surface area contributed by atoms with E-state index in [2.05, 4.69) is 10.3 Å². The summed E-state index contributed by atoms with van der Waals surface area (Å²) in [5.41, 5.74) is 7.66. The fourth-order valence-corrected chi connectivity index (χ4v) is 3.18. The molecule has 0 radical (unpaired) electrons. The summed E-state index contributed by atoms with van der Waals surface area (Å²) in [5, 5.41) is 11.2. The average Bonchev–Trinajstić information content (AvgIpc) is 2.73. The summed E-state index contributed by atoms with van der Waals surface area (Å²) in [6, 6.07) is 1.79. The van der Waals surface area contributed by atoms with Crippen LogP contribution in [0.4, 0.5) is 14.5 Å². The molecule has 2 aromatic rings. The number of hydrogen-bond donors (Lipinski definition) is 3. The van der Waals surface area contributed by atoms with E-state index in [1.807, 2.05) is 6.92 Å². The van der Waals surface area contributed by atoms with E-state index in [4.69, 9.17) is 10.8 Å². The Morgan fingerprint density at radius 2 is 2.19 bits per heavy atom. The molecule has 0 aromatic carbocycles. The SMILES string of the molecule is Cc1cc2sc(C(=O)NCC(F)(F)CO)c(N)c2c(C)n1. The number of carbonyl (C=O) groups excluding carboxylic acids is 1. The van der Waals surface area contributed by atoms with E-state index in [0.717, 1.165) is 21.7 Å². The first-order valence-electron chi connectivity index (χ1n) is 6.18. The first kappa shape index (κ1) is 15.6. The maximum absolute atomic E-state index is 12.9. The summed E-state index contributed by atoms with van der Waals surface area (Å²) < 4.78 is 26.7. The number of nitrogens with one attached hydrogen (secondary N) is 1. The predicted molar refractivity (Wildman–Crippen MR) is 77.9 cm³/mol. The maximum Gasteiger partial charge on any atom is 0.287 e. The fraction of sp³-hybridized carbons (Fsp3) is 0.385. The van der Waals surface area contributed by atoms with Crippen LogP contribution in [0.1, 0.15) is 21.1 Å². The van der Waals surface area contributed by atoms with Crippen LogP contribution in [0.3, 0.4) is 0 Å². The number of aromatic nitrogens is 1. The number of aliphatic hydroxyl groups is 1. The normalized spacial score (nSPS) is 11.9. The average molecular weight is 315 g/mol. The third-order valence-electron chi connectivity index (χ3n) is 2.96. The molecule has 0 saturated carbocycles. The number of nitrogen functional groups attached to an aromatic ring is 1. The zero-order valence-electron chi connectivity index (χ0n) is 11.5. The number of pyridine rings is 1. The van der Waals surface area contributed by atoms with E-state index in [9.17, 15) is 13.6 Å². The largest absolute Gasteiger partial charge is 0.397 e. The zero-order valence-corrected chi connectivity index (χ0v) is 12.4. The molecule has 0 spiro atoms. The quantitative estimate of drug-likeness (QED) is 0.803. The number of thiophene rings is 1. The summed E-state index contributed by atoms with van der Waals surface area (Å²) in [6.45, 7) is 1.34. The standard InChI is InChI=1S/C13H15F2N3O2S/c1-6-3-8-9(7(2)18-6)10(16)11(21-8)12(20)17-4-13(14,15)5-19/h3,19H,4-5,16H2,1-2H3,(H,17,20). The number of rotatable bonds is 4. The number of nitrogens with two attached hydrogens (primary N) is 1. The van der Waals surface area contributed by atoms with Crippen LogP contribution in [-0.4, -0.2) is 35.1 Å². The summed E-state index contributed by atoms with van der Waals surface area (Å²) >= 11 is 1.13. The van der Waals surface area contributed by atoms with E-state index < -0.39 is 25.0 Å². The van der Waals surface area contributed by atoms with Gasteiger partial charge in [0.1, 0.15) is 11.5 Å². The minimum absolute atomic E-state index is 0.175. The molecule has 2 rings (SSSR count). The van der Waals surface area contributed by atoms with E-state index in [-0.39, 0.29) is 10.6 Å². The minimum atomic E-state index is -3.35. The molecule has 0 saturated heterocycles. The van der Waals surface area contributed by atoms with Gasteiger partial charge in [-0.1, -0.05) is 0 Å². The van der Waals surface area contributed by atoms with Crippen LogP contribution < -0.4 is 11.1 Å². The summed E-state index contributed by atoms with van der Waals surface area (Å²) in [6.07, 6.45) is 0. The highest BCUT2D eigenvalue weighted by Crippen LogP contribution is 2.35. The highest BCUT2D eigenvalue weighted by Gasteiger charge is 2.29. The lowest BCUT2D eigenvalue weighted by Crippen LogP contribution is -2.38. The third kappa shape index (κ3) is 3.11. The first-order valence-corrected chi connectivity index (χ1v) is 7.00. The van der Waals surface area contributed by atoms with Crippen molar-refractivity contribution in [1.82, 2.24) is 10.3 Å². The van der Waals surface area contributed by atoms with Gasteiger partial charge in [-0.15, -0.1) is 11.3 Å². The van der Waals surface area contributed by atoms with Gasteiger partial charge in [0.25, 0.3) is 11.8 Å². The number of aryl methyl sites for hydroxylation is 2. The lowest BCUT2D eigenvalue weighted by molar-refractivity contribution is -0.0461. The molecule has 114 valence electrons. The lowest BCUT2D eigenvalue weighted by Gasteiger charge is -2.13. The Morgan fingerprint density at radius 1 is 1.52 bits per heavy atom. The number of alkyl halides is 2. The Balaban J connectivity index is 2.32. The van der Waals surface area contributed by atoms with Crippen LogP contribution in [0, 0.1) is 13.8 Å². The maximum atomic E-state index is 12.9. The van der Waals surface area contributed by atoms with Crippen LogP contribution >= 0.6 is 11.3 Å². The van der Waals surface area contributed by atoms with Crippen LogP contribution in [0.5, 0.6) is 0 Å². The van der Waals surface area contributed by atoms with Crippen molar-refractivity contribution in [1.29, 1.82) is 0 Å². The van der Waals surface area contributed by atoms with Crippen molar-refractivity contribution >= 4 is 33.0 Å². The van der Waals surface area contributed by atoms with Crippen LogP contribution in [0.2, 0.25) is 0 Å². The molecule has 5 nitrogen and oxygen atoms in total. The van der Waals surface area contributed by atoms with Crippen LogP contribution in [0.25, 0.3) is 10.1 Å². The van der Waals surface area contributed by atoms with Gasteiger partial charge in [-0.25, -0.2) is 8.78 Å². The van der Waals surface area contributed by atoms with Gasteiger partial charge in [-0.3, -0.25) is 9.78 Å². The highest BCUT2D eigenvalue weighted by atomic mass is 32.1. The molecule has 21 heavy (non-hydrogen) atoms. The van der Waals surface area contributed by atoms with Gasteiger partial charge in [-0.05, 0) is 19.9 Å². The zero-order chi connectivity index (χ0) is 15.8. The number of hydrogen-bond acceptors (Lipinski definition) is 5. The van der Waals surface area contributed by atoms with Crippen molar-refractivity contribution in [2.75, 3.05) is 18.9 Å². The van der Waals surface area contributed by atoms with Crippen LogP contribution in [-0.2, 0) is 0 Å². The third-order valence-corrected chi connectivity index (χ3v) is 4.11. The lowest BCUT2D eigenvalue weighted by atomic mass is 10.2. The molecule has 1 amide bonds. The van der Waals surface area contributed by atoms with Crippen molar-refractivity contribution in [3.8, 4) is 0 Å². The van der Waals surface area contributed by atoms with E-state index >= 15 is 0 Å². The van der Waals surface area contributed by atoms with E-state index in [0.29, 0.717) is 11.1 Å². The molecule has 0 bridgehead atoms. The fourth-order valence-electron chi connectivity index (χ4n) is 1.99. The minimum Gasteiger partial charge on any atom is -0.397 e. The number of halogens is 2. The molecule has 2 heterocycles. The number of anilines is 1. The Hall–Kier alpha value is -1.80. The van der Waals surface area contributed by atoms with E-state index in [1.165, 1.54) is 0 Å². The topological polar surface area (TPSA) is 88.2 Å². The van der Waals surface area contributed by atoms with Gasteiger partial charge in [0.15, 0.2) is 0 Å². The Labute approximate surface area is 123 Å². The molecule has 0 aliphatic carbocycles. The van der Waals surface area contributed by atoms with Gasteiger partial charge in [0, 0.05) is 21.5 Å². The molecule has 0 fully saturated rings. The van der Waals surface area contributed by atoms with Gasteiger partial charge in [0.05, 0.1) is 12.2 Å². The van der Waals surface area contributed by atoms with Gasteiger partial charge >= 0.3 is 0 Å². The molecule has 8 heteroatoms. The Kier molecular flexibility index (Phi) is 4.11. The van der Waals surface area contributed by atoms with E-state index in [1.54, 1.807) is 13.0 Å². The summed E-state index contributed by atoms with van der Waals surface area (Å²) in [4.78, 5) is 16.4. The number of nitrogens with zero attached hydrogens (tertiary/aromatic N) is 1. The second kappa shape index (κ2) is 5.53. The van der Waals surface area contributed by atoms with Gasteiger partial charge in [0.2, 0.25) is 0 Å². The Bertz CT molecular complexity index is 700. The number of fused-ring (bicyclic) bond motifs is 1. The second-order valence-electron chi connectivity index (χ2n) is 4.76. The second-order valence-corrected chi connectivity index (χ2v) is 5.82. The highest BCUT2D eigenvalue weighted by molar-refractivity contribution is 7.21. The molecule has 0 unspecified atom stereocenters. The first-order chi connectivity index (χ1) is 9.75. The van der Waals surface area contributed by atoms with Crippen molar-refractivity contribution in [3.05, 3.63) is 22.3 Å². The summed E-state index contributed by atoms with van der Waals surface area (Å²) in [5.74, 6) is -4.03. The predicted octanol–water partition coefficient (Wildman–Crippen LogP) is 1.85. The number of amides is 1. The van der Waals surface area contributed by atoms with Crippen LogP contribution in [0.15, 0.2) is 6.07 Å². The molecule has 0 aliphatic rings. The molecular weight excluding hydrogens is 300 g/mol.